The first-order chi connectivity index (χ1) is 19.2. The summed E-state index contributed by atoms with van der Waals surface area (Å²) in [7, 11) is -3.83. The SMILES string of the molecule is CCN(CC)CCCC(=O)N1CCC(NS(=O)(=O)c2ccc(NC(=O)c3ccccc3C)c3ccccc23)CC1. The Bertz CT molecular complexity index is 1440. The molecular weight excluding hydrogens is 524 g/mol. The van der Waals surface area contributed by atoms with Crippen molar-refractivity contribution < 1.29 is 18.0 Å². The predicted molar refractivity (Wildman–Crippen MR) is 160 cm³/mol. The summed E-state index contributed by atoms with van der Waals surface area (Å²) in [6.07, 6.45) is 2.50. The quantitative estimate of drug-likeness (QED) is 0.349. The second kappa shape index (κ2) is 13.4. The fraction of sp³-hybridized carbons (Fsp3) is 0.419. The van der Waals surface area contributed by atoms with Crippen LogP contribution in [0.15, 0.2) is 65.6 Å². The van der Waals surface area contributed by atoms with Gasteiger partial charge in [0.1, 0.15) is 0 Å². The monoisotopic (exact) mass is 564 g/mol. The Labute approximate surface area is 237 Å². The lowest BCUT2D eigenvalue weighted by molar-refractivity contribution is -0.132. The predicted octanol–water partition coefficient (Wildman–Crippen LogP) is 4.79. The van der Waals surface area contributed by atoms with Crippen molar-refractivity contribution >= 4 is 38.3 Å². The molecule has 0 unspecified atom stereocenters. The van der Waals surface area contributed by atoms with E-state index in [1.54, 1.807) is 30.3 Å². The van der Waals surface area contributed by atoms with Gasteiger partial charge in [0.15, 0.2) is 0 Å². The molecule has 0 aliphatic carbocycles. The van der Waals surface area contributed by atoms with Crippen LogP contribution in [0.3, 0.4) is 0 Å². The van der Waals surface area contributed by atoms with Crippen molar-refractivity contribution in [1.29, 1.82) is 0 Å². The molecule has 9 heteroatoms. The molecule has 2 N–H and O–H groups in total. The van der Waals surface area contributed by atoms with Gasteiger partial charge in [-0.3, -0.25) is 9.59 Å². The molecule has 2 amide bonds. The van der Waals surface area contributed by atoms with Gasteiger partial charge in [0.25, 0.3) is 5.91 Å². The topological polar surface area (TPSA) is 98.8 Å². The number of fused-ring (bicyclic) bond motifs is 1. The van der Waals surface area contributed by atoms with Crippen LogP contribution >= 0.6 is 0 Å². The zero-order valence-corrected chi connectivity index (χ0v) is 24.5. The molecule has 1 heterocycles. The number of nitrogens with one attached hydrogen (secondary N) is 2. The van der Waals surface area contributed by atoms with Gasteiger partial charge in [-0.25, -0.2) is 13.1 Å². The molecule has 0 spiro atoms. The number of piperidine rings is 1. The first kappa shape index (κ1) is 29.7. The normalized spacial score (nSPS) is 14.6. The molecule has 0 saturated carbocycles. The van der Waals surface area contributed by atoms with Crippen molar-refractivity contribution in [2.75, 3.05) is 38.0 Å². The molecule has 1 aliphatic rings. The maximum Gasteiger partial charge on any atom is 0.255 e. The fourth-order valence-corrected chi connectivity index (χ4v) is 6.83. The average Bonchev–Trinajstić information content (AvgIpc) is 2.95. The second-order valence-corrected chi connectivity index (χ2v) is 12.0. The van der Waals surface area contributed by atoms with Crippen LogP contribution in [0, 0.1) is 6.92 Å². The largest absolute Gasteiger partial charge is 0.343 e. The lowest BCUT2D eigenvalue weighted by Gasteiger charge is -2.32. The number of rotatable bonds is 11. The minimum atomic E-state index is -3.83. The molecule has 0 atom stereocenters. The zero-order valence-electron chi connectivity index (χ0n) is 23.7. The third-order valence-corrected chi connectivity index (χ3v) is 9.32. The summed E-state index contributed by atoms with van der Waals surface area (Å²) in [5.74, 6) is -0.103. The summed E-state index contributed by atoms with van der Waals surface area (Å²) in [4.78, 5) is 30.0. The highest BCUT2D eigenvalue weighted by atomic mass is 32.2. The van der Waals surface area contributed by atoms with E-state index < -0.39 is 10.0 Å². The van der Waals surface area contributed by atoms with E-state index >= 15 is 0 Å². The van der Waals surface area contributed by atoms with Gasteiger partial charge in [0.05, 0.1) is 4.90 Å². The molecule has 3 aromatic carbocycles. The number of sulfonamides is 1. The van der Waals surface area contributed by atoms with Gasteiger partial charge in [0.2, 0.25) is 15.9 Å². The molecule has 0 radical (unpaired) electrons. The van der Waals surface area contributed by atoms with E-state index in [2.05, 4.69) is 28.8 Å². The highest BCUT2D eigenvalue weighted by molar-refractivity contribution is 7.89. The van der Waals surface area contributed by atoms with E-state index in [4.69, 9.17) is 0 Å². The number of benzene rings is 3. The Morgan fingerprint density at radius 2 is 1.57 bits per heavy atom. The van der Waals surface area contributed by atoms with Crippen LogP contribution in [-0.4, -0.2) is 68.8 Å². The summed E-state index contributed by atoms with van der Waals surface area (Å²) < 4.78 is 29.9. The molecule has 4 rings (SSSR count). The summed E-state index contributed by atoms with van der Waals surface area (Å²) in [5, 5.41) is 4.14. The van der Waals surface area contributed by atoms with Crippen molar-refractivity contribution in [3.8, 4) is 0 Å². The third kappa shape index (κ3) is 7.08. The summed E-state index contributed by atoms with van der Waals surface area (Å²) in [6.45, 7) is 10.1. The molecule has 3 aromatic rings. The number of likely N-dealkylation sites (tertiary alicyclic amines) is 1. The van der Waals surface area contributed by atoms with Crippen LogP contribution in [0.2, 0.25) is 0 Å². The van der Waals surface area contributed by atoms with Crippen LogP contribution in [0.5, 0.6) is 0 Å². The Morgan fingerprint density at radius 3 is 2.25 bits per heavy atom. The Hall–Kier alpha value is -3.27. The van der Waals surface area contributed by atoms with E-state index in [0.29, 0.717) is 54.4 Å². The Morgan fingerprint density at radius 1 is 0.925 bits per heavy atom. The number of anilines is 1. The first-order valence-corrected chi connectivity index (χ1v) is 15.6. The molecule has 1 fully saturated rings. The molecule has 40 heavy (non-hydrogen) atoms. The van der Waals surface area contributed by atoms with Gasteiger partial charge >= 0.3 is 0 Å². The van der Waals surface area contributed by atoms with Crippen LogP contribution in [-0.2, 0) is 14.8 Å². The molecule has 1 aliphatic heterocycles. The minimum absolute atomic E-state index is 0.141. The number of amides is 2. The lowest BCUT2D eigenvalue weighted by Crippen LogP contribution is -2.46. The number of carbonyl (C=O) groups excluding carboxylic acids is 2. The third-order valence-electron chi connectivity index (χ3n) is 7.74. The van der Waals surface area contributed by atoms with Crippen molar-refractivity contribution in [1.82, 2.24) is 14.5 Å². The summed E-state index contributed by atoms with van der Waals surface area (Å²) in [5.41, 5.74) is 1.98. The maximum atomic E-state index is 13.5. The fourth-order valence-electron chi connectivity index (χ4n) is 5.31. The first-order valence-electron chi connectivity index (χ1n) is 14.1. The van der Waals surface area contributed by atoms with Gasteiger partial charge < -0.3 is 15.1 Å². The van der Waals surface area contributed by atoms with Crippen molar-refractivity contribution in [3.05, 3.63) is 71.8 Å². The highest BCUT2D eigenvalue weighted by Gasteiger charge is 2.28. The van der Waals surface area contributed by atoms with Crippen molar-refractivity contribution in [2.45, 2.75) is 57.4 Å². The van der Waals surface area contributed by atoms with Gasteiger partial charge in [-0.1, -0.05) is 56.3 Å². The number of hydrogen-bond donors (Lipinski definition) is 2. The van der Waals surface area contributed by atoms with Crippen LogP contribution < -0.4 is 10.0 Å². The zero-order chi connectivity index (χ0) is 28.7. The van der Waals surface area contributed by atoms with E-state index in [1.165, 1.54) is 0 Å². The molecule has 1 saturated heterocycles. The molecule has 214 valence electrons. The Kier molecular flexibility index (Phi) is 9.95. The van der Waals surface area contributed by atoms with Gasteiger partial charge in [-0.2, -0.15) is 0 Å². The molecule has 0 bridgehead atoms. The summed E-state index contributed by atoms with van der Waals surface area (Å²) in [6, 6.07) is 17.5. The second-order valence-electron chi connectivity index (χ2n) is 10.3. The number of aryl methyl sites for hydroxylation is 1. The average molecular weight is 565 g/mol. The lowest BCUT2D eigenvalue weighted by atomic mass is 10.1. The molecular formula is C31H40N4O4S. The van der Waals surface area contributed by atoms with E-state index in [9.17, 15) is 18.0 Å². The summed E-state index contributed by atoms with van der Waals surface area (Å²) >= 11 is 0. The molecule has 0 aromatic heterocycles. The van der Waals surface area contributed by atoms with E-state index in [1.807, 2.05) is 42.2 Å². The smallest absolute Gasteiger partial charge is 0.255 e. The van der Waals surface area contributed by atoms with Crippen LogP contribution in [0.25, 0.3) is 10.8 Å². The van der Waals surface area contributed by atoms with E-state index in [-0.39, 0.29) is 22.8 Å². The van der Waals surface area contributed by atoms with Crippen molar-refractivity contribution in [2.24, 2.45) is 0 Å². The number of carbonyl (C=O) groups is 2. The minimum Gasteiger partial charge on any atom is -0.343 e. The number of nitrogens with zero attached hydrogens (tertiary/aromatic N) is 2. The van der Waals surface area contributed by atoms with Gasteiger partial charge in [-0.15, -0.1) is 0 Å². The standard InChI is InChI=1S/C31H40N4O4S/c1-4-34(5-2)20-10-15-30(36)35-21-18-24(19-22-35)33-40(38,39)29-17-16-28(26-13-8-9-14-27(26)29)32-31(37)25-12-7-6-11-23(25)3/h6-9,11-14,16-17,24,33H,4-5,10,15,18-22H2,1-3H3,(H,32,37). The maximum absolute atomic E-state index is 13.5. The number of hydrogen-bond acceptors (Lipinski definition) is 5. The van der Waals surface area contributed by atoms with Gasteiger partial charge in [-0.05, 0) is 69.6 Å². The van der Waals surface area contributed by atoms with Gasteiger partial charge in [0, 0.05) is 47.6 Å². The highest BCUT2D eigenvalue weighted by Crippen LogP contribution is 2.30. The molecule has 8 nitrogen and oxygen atoms in total. The van der Waals surface area contributed by atoms with E-state index in [0.717, 1.165) is 31.6 Å². The van der Waals surface area contributed by atoms with Crippen LogP contribution in [0.4, 0.5) is 5.69 Å². The van der Waals surface area contributed by atoms with Crippen molar-refractivity contribution in [3.63, 3.8) is 0 Å². The Balaban J connectivity index is 1.41. The van der Waals surface area contributed by atoms with Crippen LogP contribution in [0.1, 0.15) is 55.5 Å².